The molecule has 0 heteroatoms. The summed E-state index contributed by atoms with van der Waals surface area (Å²) >= 11 is 0. The van der Waals surface area contributed by atoms with E-state index in [-0.39, 0.29) is 0 Å². The molecular formula is C32H13. The largest absolute Gasteiger partial charge is 0.0537 e. The minimum Gasteiger partial charge on any atom is -0.0537 e. The molecule has 141 valence electrons. The topological polar surface area (TPSA) is 0 Å². The summed E-state index contributed by atoms with van der Waals surface area (Å²) in [4.78, 5) is 0. The van der Waals surface area contributed by atoms with Crippen LogP contribution >= 0.6 is 0 Å². The second-order valence-electron chi connectivity index (χ2n) is 9.60. The van der Waals surface area contributed by atoms with Crippen molar-refractivity contribution in [1.29, 1.82) is 0 Å². The summed E-state index contributed by atoms with van der Waals surface area (Å²) in [5.41, 5.74) is 0. The highest BCUT2D eigenvalue weighted by atomic mass is 14.3. The Hall–Kier alpha value is -4.16. The van der Waals surface area contributed by atoms with Gasteiger partial charge in [-0.3, -0.25) is 0 Å². The van der Waals surface area contributed by atoms with Gasteiger partial charge in [0, 0.05) is 0 Å². The molecule has 32 heavy (non-hydrogen) atoms. The monoisotopic (exact) mass is 397 g/mol. The Morgan fingerprint density at radius 3 is 1.25 bits per heavy atom. The molecule has 0 nitrogen and oxygen atoms in total. The molecular weight excluding hydrogens is 384 g/mol. The lowest BCUT2D eigenvalue weighted by Crippen LogP contribution is -1.96. The van der Waals surface area contributed by atoms with Crippen LogP contribution in [-0.4, -0.2) is 0 Å². The molecule has 0 spiro atoms. The maximum atomic E-state index is 3.64. The quantitative estimate of drug-likeness (QED) is 0.177. The maximum Gasteiger partial charge on any atom is -0.0000706 e. The van der Waals surface area contributed by atoms with Crippen LogP contribution in [0, 0.1) is 6.07 Å². The molecule has 0 aromatic heterocycles. The Kier molecular flexibility index (Phi) is 2.03. The zero-order valence-electron chi connectivity index (χ0n) is 17.0. The minimum absolute atomic E-state index is 1.23. The van der Waals surface area contributed by atoms with Gasteiger partial charge in [0.15, 0.2) is 0 Å². The zero-order chi connectivity index (χ0) is 20.3. The molecule has 10 aromatic carbocycles. The standard InChI is InChI=1S/C32H13/c1-2-16-6-10-20-14-22-12-8-18-4-3-17-7-11-21-13-19-9-5-15(1)23-24(16)28(20)32-30(22)26(18)25(17)29(21)31(32)27(19)23/h1-11,13-14H. The van der Waals surface area contributed by atoms with E-state index in [4.69, 9.17) is 0 Å². The van der Waals surface area contributed by atoms with Gasteiger partial charge in [-0.25, -0.2) is 0 Å². The first-order chi connectivity index (χ1) is 15.9. The zero-order valence-corrected chi connectivity index (χ0v) is 17.0. The number of hydrogen-bond acceptors (Lipinski definition) is 0. The Labute approximate surface area is 181 Å². The maximum absolute atomic E-state index is 3.64. The van der Waals surface area contributed by atoms with Crippen LogP contribution in [0.25, 0.3) is 97.0 Å². The molecule has 0 heterocycles. The molecule has 0 saturated carbocycles. The summed E-state index contributed by atoms with van der Waals surface area (Å²) in [5, 5.41) is 24.9. The van der Waals surface area contributed by atoms with Gasteiger partial charge >= 0.3 is 0 Å². The molecule has 1 radical (unpaired) electrons. The van der Waals surface area contributed by atoms with Crippen LogP contribution in [0.2, 0.25) is 0 Å². The molecule has 0 aliphatic heterocycles. The van der Waals surface area contributed by atoms with Crippen LogP contribution in [0.15, 0.2) is 78.9 Å². The van der Waals surface area contributed by atoms with E-state index in [1.165, 1.54) is 97.0 Å². The Balaban J connectivity index is 1.82. The summed E-state index contributed by atoms with van der Waals surface area (Å²) in [6, 6.07) is 33.6. The Morgan fingerprint density at radius 2 is 0.688 bits per heavy atom. The van der Waals surface area contributed by atoms with E-state index in [0.717, 1.165) is 0 Å². The molecule has 10 rings (SSSR count). The summed E-state index contributed by atoms with van der Waals surface area (Å²) < 4.78 is 0. The van der Waals surface area contributed by atoms with Crippen molar-refractivity contribution in [2.24, 2.45) is 0 Å². The first kappa shape index (κ1) is 14.8. The van der Waals surface area contributed by atoms with E-state index in [0.29, 0.717) is 0 Å². The molecule has 0 aliphatic rings. The second-order valence-corrected chi connectivity index (χ2v) is 9.60. The van der Waals surface area contributed by atoms with Gasteiger partial charge in [-0.15, -0.1) is 0 Å². The predicted molar refractivity (Wildman–Crippen MR) is 139 cm³/mol. The number of hydrogen-bond donors (Lipinski definition) is 0. The van der Waals surface area contributed by atoms with Crippen LogP contribution in [0.5, 0.6) is 0 Å². The highest BCUT2D eigenvalue weighted by Gasteiger charge is 2.25. The van der Waals surface area contributed by atoms with Crippen molar-refractivity contribution in [1.82, 2.24) is 0 Å². The van der Waals surface area contributed by atoms with E-state index in [9.17, 15) is 0 Å². The van der Waals surface area contributed by atoms with Crippen LogP contribution in [0.3, 0.4) is 0 Å². The normalized spacial score (nSPS) is 13.6. The van der Waals surface area contributed by atoms with Gasteiger partial charge in [0.2, 0.25) is 0 Å². The van der Waals surface area contributed by atoms with Crippen LogP contribution < -0.4 is 0 Å². The SMILES string of the molecule is [c]1cc2ccc3ccc4cc5ccc6ccc7ccc8cc1c1c2c3c4c2c5c6c7c8c12. The molecule has 0 fully saturated rings. The number of rotatable bonds is 0. The lowest BCUT2D eigenvalue weighted by molar-refractivity contribution is 1.81. The van der Waals surface area contributed by atoms with Gasteiger partial charge < -0.3 is 0 Å². The number of benzene rings is 10. The Bertz CT molecular complexity index is 2010. The van der Waals surface area contributed by atoms with E-state index in [2.05, 4.69) is 84.9 Å². The van der Waals surface area contributed by atoms with Gasteiger partial charge in [-0.05, 0) is 121 Å². The summed E-state index contributed by atoms with van der Waals surface area (Å²) in [6.45, 7) is 0. The van der Waals surface area contributed by atoms with Crippen molar-refractivity contribution < 1.29 is 0 Å². The molecule has 10 aromatic rings. The fourth-order valence-electron chi connectivity index (χ4n) is 7.08. The van der Waals surface area contributed by atoms with E-state index < -0.39 is 0 Å². The third-order valence-corrected chi connectivity index (χ3v) is 8.25. The molecule has 0 bridgehead atoms. The molecule has 0 atom stereocenters. The lowest BCUT2D eigenvalue weighted by Gasteiger charge is -2.25. The first-order valence-corrected chi connectivity index (χ1v) is 11.3. The van der Waals surface area contributed by atoms with Gasteiger partial charge in [-0.1, -0.05) is 60.7 Å². The summed E-state index contributed by atoms with van der Waals surface area (Å²) in [7, 11) is 0. The van der Waals surface area contributed by atoms with Gasteiger partial charge in [0.1, 0.15) is 0 Å². The van der Waals surface area contributed by atoms with Crippen LogP contribution in [-0.2, 0) is 0 Å². The predicted octanol–water partition coefficient (Wildman–Crippen LogP) is 9.05. The second kappa shape index (κ2) is 4.40. The van der Waals surface area contributed by atoms with Crippen LogP contribution in [0.1, 0.15) is 0 Å². The third kappa shape index (κ3) is 1.32. The summed E-state index contributed by atoms with van der Waals surface area (Å²) in [6.07, 6.45) is 0. The van der Waals surface area contributed by atoms with Gasteiger partial charge in [0.05, 0.1) is 0 Å². The van der Waals surface area contributed by atoms with Crippen LogP contribution in [0.4, 0.5) is 0 Å². The smallest absolute Gasteiger partial charge is 0.0000706 e. The summed E-state index contributed by atoms with van der Waals surface area (Å²) in [5.74, 6) is 0. The molecule has 0 unspecified atom stereocenters. The fourth-order valence-corrected chi connectivity index (χ4v) is 7.08. The molecule has 0 saturated heterocycles. The van der Waals surface area contributed by atoms with Crippen molar-refractivity contribution >= 4 is 97.0 Å². The average Bonchev–Trinajstić information content (AvgIpc) is 2.85. The van der Waals surface area contributed by atoms with E-state index in [1.807, 2.05) is 0 Å². The molecule has 0 N–H and O–H groups in total. The van der Waals surface area contributed by atoms with E-state index >= 15 is 0 Å². The average molecular weight is 397 g/mol. The van der Waals surface area contributed by atoms with Crippen molar-refractivity contribution in [2.75, 3.05) is 0 Å². The third-order valence-electron chi connectivity index (χ3n) is 8.25. The molecule has 0 aliphatic carbocycles. The van der Waals surface area contributed by atoms with Crippen molar-refractivity contribution in [3.63, 3.8) is 0 Å². The van der Waals surface area contributed by atoms with E-state index in [1.54, 1.807) is 0 Å². The Morgan fingerprint density at radius 1 is 0.312 bits per heavy atom. The first-order valence-electron chi connectivity index (χ1n) is 11.3. The fraction of sp³-hybridized carbons (Fsp3) is 0. The minimum atomic E-state index is 1.23. The highest BCUT2D eigenvalue weighted by Crippen LogP contribution is 2.54. The van der Waals surface area contributed by atoms with Gasteiger partial charge in [-0.2, -0.15) is 0 Å². The molecule has 0 amide bonds. The van der Waals surface area contributed by atoms with Crippen molar-refractivity contribution in [3.05, 3.63) is 84.9 Å². The van der Waals surface area contributed by atoms with Crippen molar-refractivity contribution in [2.45, 2.75) is 0 Å². The highest BCUT2D eigenvalue weighted by molar-refractivity contribution is 6.53. The lowest BCUT2D eigenvalue weighted by atomic mass is 9.77. The van der Waals surface area contributed by atoms with Crippen molar-refractivity contribution in [3.8, 4) is 0 Å². The van der Waals surface area contributed by atoms with Gasteiger partial charge in [0.25, 0.3) is 0 Å².